The van der Waals surface area contributed by atoms with E-state index < -0.39 is 0 Å². The molecule has 4 heteroatoms. The molecule has 1 atom stereocenters. The van der Waals surface area contributed by atoms with Crippen LogP contribution in [0.25, 0.3) is 0 Å². The van der Waals surface area contributed by atoms with E-state index >= 15 is 0 Å². The Morgan fingerprint density at radius 3 is 2.45 bits per heavy atom. The molecule has 2 aromatic carbocycles. The normalized spacial score (nSPS) is 12.3. The molecule has 0 aromatic heterocycles. The van der Waals surface area contributed by atoms with Gasteiger partial charge in [0.1, 0.15) is 6.61 Å². The SMILES string of the molecule is NC(COOCc1ccccc1)Cc1cccc(S)c1. The monoisotopic (exact) mass is 289 g/mol. The quantitative estimate of drug-likeness (QED) is 0.356. The first-order chi connectivity index (χ1) is 9.74. The summed E-state index contributed by atoms with van der Waals surface area (Å²) in [6.45, 7) is 0.795. The molecule has 0 amide bonds. The van der Waals surface area contributed by atoms with Gasteiger partial charge in [-0.15, -0.1) is 12.6 Å². The molecule has 0 radical (unpaired) electrons. The molecule has 0 heterocycles. The van der Waals surface area contributed by atoms with Crippen molar-refractivity contribution < 1.29 is 9.78 Å². The molecule has 0 aliphatic carbocycles. The van der Waals surface area contributed by atoms with Crippen molar-refractivity contribution in [3.05, 3.63) is 65.7 Å². The molecule has 0 aliphatic heterocycles. The number of hydrogen-bond donors (Lipinski definition) is 2. The van der Waals surface area contributed by atoms with Gasteiger partial charge in [-0.05, 0) is 29.7 Å². The molecule has 2 aromatic rings. The average molecular weight is 289 g/mol. The highest BCUT2D eigenvalue weighted by Gasteiger charge is 2.05. The highest BCUT2D eigenvalue weighted by atomic mass is 32.1. The molecule has 1 unspecified atom stereocenters. The Hall–Kier alpha value is -1.33. The molecule has 0 bridgehead atoms. The lowest BCUT2D eigenvalue weighted by molar-refractivity contribution is -0.305. The zero-order valence-corrected chi connectivity index (χ0v) is 12.1. The fraction of sp³-hybridized carbons (Fsp3) is 0.250. The molecule has 106 valence electrons. The van der Waals surface area contributed by atoms with Crippen molar-refractivity contribution in [1.29, 1.82) is 0 Å². The van der Waals surface area contributed by atoms with Gasteiger partial charge in [-0.3, -0.25) is 0 Å². The van der Waals surface area contributed by atoms with Crippen LogP contribution in [0.5, 0.6) is 0 Å². The summed E-state index contributed by atoms with van der Waals surface area (Å²) in [7, 11) is 0. The first-order valence-corrected chi connectivity index (χ1v) is 7.00. The summed E-state index contributed by atoms with van der Waals surface area (Å²) in [5.41, 5.74) is 8.23. The first-order valence-electron chi connectivity index (χ1n) is 6.56. The molecule has 0 saturated heterocycles. The first kappa shape index (κ1) is 15.1. The van der Waals surface area contributed by atoms with Crippen molar-refractivity contribution >= 4 is 12.6 Å². The molecule has 3 nitrogen and oxygen atoms in total. The van der Waals surface area contributed by atoms with E-state index in [0.29, 0.717) is 13.2 Å². The highest BCUT2D eigenvalue weighted by molar-refractivity contribution is 7.80. The fourth-order valence-electron chi connectivity index (χ4n) is 1.86. The number of benzene rings is 2. The molecular weight excluding hydrogens is 270 g/mol. The summed E-state index contributed by atoms with van der Waals surface area (Å²) in [5, 5.41) is 0. The van der Waals surface area contributed by atoms with Crippen molar-refractivity contribution in [3.63, 3.8) is 0 Å². The molecule has 0 fully saturated rings. The fourth-order valence-corrected chi connectivity index (χ4v) is 2.12. The maximum Gasteiger partial charge on any atom is 0.107 e. The lowest BCUT2D eigenvalue weighted by atomic mass is 10.1. The van der Waals surface area contributed by atoms with Crippen LogP contribution in [-0.2, 0) is 22.8 Å². The van der Waals surface area contributed by atoms with Crippen LogP contribution < -0.4 is 5.73 Å². The van der Waals surface area contributed by atoms with Crippen molar-refractivity contribution in [1.82, 2.24) is 0 Å². The largest absolute Gasteiger partial charge is 0.325 e. The van der Waals surface area contributed by atoms with Crippen molar-refractivity contribution in [2.24, 2.45) is 5.73 Å². The maximum atomic E-state index is 6.01. The van der Waals surface area contributed by atoms with E-state index in [-0.39, 0.29) is 6.04 Å². The maximum absolute atomic E-state index is 6.01. The smallest absolute Gasteiger partial charge is 0.107 e. The summed E-state index contributed by atoms with van der Waals surface area (Å²) < 4.78 is 0. The lowest BCUT2D eigenvalue weighted by Gasteiger charge is -2.12. The number of rotatable bonds is 7. The minimum atomic E-state index is -0.0964. The molecular formula is C16H19NO2S. The highest BCUT2D eigenvalue weighted by Crippen LogP contribution is 2.10. The second-order valence-corrected chi connectivity index (χ2v) is 5.18. The van der Waals surface area contributed by atoms with Crippen LogP contribution in [0.3, 0.4) is 0 Å². The zero-order chi connectivity index (χ0) is 14.2. The van der Waals surface area contributed by atoms with E-state index in [0.717, 1.165) is 22.4 Å². The summed E-state index contributed by atoms with van der Waals surface area (Å²) in [4.78, 5) is 11.3. The van der Waals surface area contributed by atoms with Gasteiger partial charge in [0.25, 0.3) is 0 Å². The Morgan fingerprint density at radius 1 is 0.950 bits per heavy atom. The van der Waals surface area contributed by atoms with Gasteiger partial charge in [0.2, 0.25) is 0 Å². The van der Waals surface area contributed by atoms with Gasteiger partial charge in [0.05, 0.1) is 6.61 Å². The van der Waals surface area contributed by atoms with Crippen LogP contribution in [0.1, 0.15) is 11.1 Å². The van der Waals surface area contributed by atoms with Gasteiger partial charge in [-0.2, -0.15) is 0 Å². The Labute approximate surface area is 125 Å². The lowest BCUT2D eigenvalue weighted by Crippen LogP contribution is -2.28. The Morgan fingerprint density at radius 2 is 1.70 bits per heavy atom. The van der Waals surface area contributed by atoms with E-state index in [1.165, 1.54) is 0 Å². The minimum absolute atomic E-state index is 0.0964. The van der Waals surface area contributed by atoms with E-state index in [1.54, 1.807) is 0 Å². The van der Waals surface area contributed by atoms with Crippen molar-refractivity contribution in [2.75, 3.05) is 6.61 Å². The van der Waals surface area contributed by atoms with Gasteiger partial charge in [-0.1, -0.05) is 42.5 Å². The second-order valence-electron chi connectivity index (χ2n) is 4.67. The second kappa shape index (κ2) is 8.07. The van der Waals surface area contributed by atoms with Crippen LogP contribution >= 0.6 is 12.6 Å². The number of hydrogen-bond acceptors (Lipinski definition) is 4. The van der Waals surface area contributed by atoms with Crippen LogP contribution in [0.15, 0.2) is 59.5 Å². The third kappa shape index (κ3) is 5.35. The molecule has 2 rings (SSSR count). The molecule has 2 N–H and O–H groups in total. The van der Waals surface area contributed by atoms with Gasteiger partial charge in [0, 0.05) is 10.9 Å². The minimum Gasteiger partial charge on any atom is -0.325 e. The predicted molar refractivity (Wildman–Crippen MR) is 82.6 cm³/mol. The van der Waals surface area contributed by atoms with E-state index in [4.69, 9.17) is 15.5 Å². The average Bonchev–Trinajstić information content (AvgIpc) is 2.45. The van der Waals surface area contributed by atoms with Gasteiger partial charge in [-0.25, -0.2) is 9.78 Å². The van der Waals surface area contributed by atoms with Crippen molar-refractivity contribution in [3.8, 4) is 0 Å². The van der Waals surface area contributed by atoms with Crippen LogP contribution in [0.4, 0.5) is 0 Å². The number of nitrogens with two attached hydrogens (primary N) is 1. The molecule has 0 saturated carbocycles. The third-order valence-electron chi connectivity index (χ3n) is 2.84. The van der Waals surface area contributed by atoms with Crippen molar-refractivity contribution in [2.45, 2.75) is 24.0 Å². The van der Waals surface area contributed by atoms with Gasteiger partial charge in [0.15, 0.2) is 0 Å². The standard InChI is InChI=1S/C16H19NO2S/c17-15(9-14-7-4-8-16(20)10-14)12-19-18-11-13-5-2-1-3-6-13/h1-8,10,15,20H,9,11-12,17H2. The summed E-state index contributed by atoms with van der Waals surface area (Å²) >= 11 is 4.31. The number of thiol groups is 1. The van der Waals surface area contributed by atoms with Crippen LogP contribution in [0, 0.1) is 0 Å². The molecule has 0 aliphatic rings. The third-order valence-corrected chi connectivity index (χ3v) is 3.12. The van der Waals surface area contributed by atoms with E-state index in [2.05, 4.69) is 12.6 Å². The summed E-state index contributed by atoms with van der Waals surface area (Å²) in [6, 6.07) is 17.7. The summed E-state index contributed by atoms with van der Waals surface area (Å²) in [6.07, 6.45) is 0.739. The van der Waals surface area contributed by atoms with E-state index in [1.807, 2.05) is 54.6 Å². The van der Waals surface area contributed by atoms with Crippen LogP contribution in [-0.4, -0.2) is 12.6 Å². The Balaban J connectivity index is 1.66. The van der Waals surface area contributed by atoms with Gasteiger partial charge >= 0.3 is 0 Å². The summed E-state index contributed by atoms with van der Waals surface area (Å²) in [5.74, 6) is 0. The van der Waals surface area contributed by atoms with E-state index in [9.17, 15) is 0 Å². The topological polar surface area (TPSA) is 44.5 Å². The predicted octanol–water partition coefficient (Wildman–Crippen LogP) is 2.99. The molecule has 0 spiro atoms. The Bertz CT molecular complexity index is 519. The Kier molecular flexibility index (Phi) is 6.08. The zero-order valence-electron chi connectivity index (χ0n) is 11.2. The van der Waals surface area contributed by atoms with Gasteiger partial charge < -0.3 is 5.73 Å². The van der Waals surface area contributed by atoms with Crippen LogP contribution in [0.2, 0.25) is 0 Å². The molecule has 20 heavy (non-hydrogen) atoms.